The molecule has 0 aliphatic rings. The van der Waals surface area contributed by atoms with E-state index in [1.54, 1.807) is 0 Å². The number of carbonyl (C=O) groups excluding carboxylic acids is 1. The number of allylic oxidation sites excluding steroid dienone is 2. The monoisotopic (exact) mass is 607 g/mol. The Balaban J connectivity index is 3.53. The predicted octanol–water partition coefficient (Wildman–Crippen LogP) is 13.1. The summed E-state index contributed by atoms with van der Waals surface area (Å²) in [5.74, 6) is -1.36. The predicted molar refractivity (Wildman–Crippen MR) is 186 cm³/mol. The van der Waals surface area contributed by atoms with Gasteiger partial charge in [-0.1, -0.05) is 180 Å². The number of carbonyl (C=O) groups is 2. The van der Waals surface area contributed by atoms with Crippen LogP contribution in [0.25, 0.3) is 0 Å². The summed E-state index contributed by atoms with van der Waals surface area (Å²) in [6, 6.07) is 0. The first kappa shape index (κ1) is 41.7. The molecular weight excluding hydrogens is 532 g/mol. The molecule has 0 aromatic heterocycles. The zero-order valence-electron chi connectivity index (χ0n) is 29.0. The van der Waals surface area contributed by atoms with Crippen LogP contribution in [0.3, 0.4) is 0 Å². The number of hydrogen-bond acceptors (Lipinski definition) is 3. The second-order valence-corrected chi connectivity index (χ2v) is 13.1. The van der Waals surface area contributed by atoms with Gasteiger partial charge in [0.25, 0.3) is 0 Å². The van der Waals surface area contributed by atoms with Crippen LogP contribution in [0.15, 0.2) is 12.2 Å². The lowest BCUT2D eigenvalue weighted by Gasteiger charge is -2.13. The average Bonchev–Trinajstić information content (AvgIpc) is 3.00. The van der Waals surface area contributed by atoms with Gasteiger partial charge < -0.3 is 9.84 Å². The van der Waals surface area contributed by atoms with Crippen molar-refractivity contribution < 1.29 is 19.4 Å². The number of carboxylic acid groups (broad SMARTS) is 1. The number of esters is 1. The van der Waals surface area contributed by atoms with Crippen LogP contribution in [0.5, 0.6) is 0 Å². The molecule has 0 heterocycles. The van der Waals surface area contributed by atoms with Gasteiger partial charge in [-0.3, -0.25) is 4.79 Å². The fourth-order valence-electron chi connectivity index (χ4n) is 5.85. The summed E-state index contributed by atoms with van der Waals surface area (Å²) in [4.78, 5) is 23.7. The lowest BCUT2D eigenvalue weighted by atomic mass is 10.0. The minimum atomic E-state index is -1.01. The van der Waals surface area contributed by atoms with E-state index in [9.17, 15) is 14.7 Å². The number of unbranched alkanes of at least 4 members (excludes halogenated alkanes) is 27. The van der Waals surface area contributed by atoms with Gasteiger partial charge in [0.15, 0.2) is 6.10 Å². The van der Waals surface area contributed by atoms with Crippen molar-refractivity contribution in [2.75, 3.05) is 0 Å². The number of carboxylic acids is 1. The molecule has 1 N–H and O–H groups in total. The molecule has 4 nitrogen and oxygen atoms in total. The molecule has 0 aliphatic carbocycles. The molecule has 0 fully saturated rings. The molecule has 1 atom stereocenters. The van der Waals surface area contributed by atoms with Gasteiger partial charge in [-0.2, -0.15) is 0 Å². The van der Waals surface area contributed by atoms with E-state index in [1.807, 2.05) is 0 Å². The first-order valence-electron chi connectivity index (χ1n) is 19.2. The van der Waals surface area contributed by atoms with Crippen LogP contribution >= 0.6 is 0 Å². The number of aliphatic carboxylic acids is 1. The first-order chi connectivity index (χ1) is 21.1. The SMILES string of the molecule is CCCCCCC/C=C\CCCCCCCC(=O)OC(CCCCCCCCCCCCCCCCCCCC)C(=O)O. The van der Waals surface area contributed by atoms with Crippen molar-refractivity contribution in [3.63, 3.8) is 0 Å². The molecule has 4 heteroatoms. The summed E-state index contributed by atoms with van der Waals surface area (Å²) in [5.41, 5.74) is 0. The fourth-order valence-corrected chi connectivity index (χ4v) is 5.85. The third-order valence-corrected chi connectivity index (χ3v) is 8.76. The van der Waals surface area contributed by atoms with Crippen molar-refractivity contribution in [3.05, 3.63) is 12.2 Å². The van der Waals surface area contributed by atoms with E-state index >= 15 is 0 Å². The maximum Gasteiger partial charge on any atom is 0.345 e. The van der Waals surface area contributed by atoms with Gasteiger partial charge in [0.2, 0.25) is 0 Å². The van der Waals surface area contributed by atoms with Crippen molar-refractivity contribution in [1.82, 2.24) is 0 Å². The van der Waals surface area contributed by atoms with Crippen LogP contribution < -0.4 is 0 Å². The van der Waals surface area contributed by atoms with Crippen molar-refractivity contribution in [1.29, 1.82) is 0 Å². The third-order valence-electron chi connectivity index (χ3n) is 8.76. The molecule has 0 aromatic rings. The topological polar surface area (TPSA) is 63.6 Å². The smallest absolute Gasteiger partial charge is 0.345 e. The van der Waals surface area contributed by atoms with Crippen molar-refractivity contribution >= 4 is 11.9 Å². The highest BCUT2D eigenvalue weighted by Gasteiger charge is 2.21. The molecule has 0 aromatic carbocycles. The zero-order chi connectivity index (χ0) is 31.5. The van der Waals surface area contributed by atoms with Gasteiger partial charge in [-0.05, 0) is 44.9 Å². The van der Waals surface area contributed by atoms with E-state index in [-0.39, 0.29) is 5.97 Å². The van der Waals surface area contributed by atoms with Crippen molar-refractivity contribution in [3.8, 4) is 0 Å². The number of ether oxygens (including phenoxy) is 1. The Labute approximate surface area is 268 Å². The van der Waals surface area contributed by atoms with Crippen molar-refractivity contribution in [2.45, 2.75) is 225 Å². The van der Waals surface area contributed by atoms with E-state index in [4.69, 9.17) is 4.74 Å². The molecule has 0 rings (SSSR count). The van der Waals surface area contributed by atoms with Crippen LogP contribution in [0.1, 0.15) is 219 Å². The van der Waals surface area contributed by atoms with Gasteiger partial charge in [0.1, 0.15) is 0 Å². The largest absolute Gasteiger partial charge is 0.479 e. The Morgan fingerprint density at radius 3 is 1.19 bits per heavy atom. The highest BCUT2D eigenvalue weighted by atomic mass is 16.6. The standard InChI is InChI=1S/C39H74O4/c1-3-5-7-9-11-13-15-17-19-20-21-22-23-25-27-29-31-33-35-37(39(41)42)43-38(40)36-34-32-30-28-26-24-18-16-14-12-10-8-6-4-2/h16,18,37H,3-15,17,19-36H2,1-2H3,(H,41,42)/b18-16-. The summed E-state index contributed by atoms with van der Waals surface area (Å²) in [6.07, 6.45) is 42.5. The van der Waals surface area contributed by atoms with Gasteiger partial charge in [0.05, 0.1) is 0 Å². The molecule has 0 radical (unpaired) electrons. The molecule has 0 spiro atoms. The van der Waals surface area contributed by atoms with Gasteiger partial charge in [-0.15, -0.1) is 0 Å². The highest BCUT2D eigenvalue weighted by molar-refractivity contribution is 5.77. The van der Waals surface area contributed by atoms with Crippen LogP contribution in [-0.2, 0) is 14.3 Å². The molecular formula is C39H74O4. The molecule has 1 unspecified atom stereocenters. The minimum Gasteiger partial charge on any atom is -0.479 e. The second kappa shape index (κ2) is 35.2. The summed E-state index contributed by atoms with van der Waals surface area (Å²) in [7, 11) is 0. The quantitative estimate of drug-likeness (QED) is 0.0443. The van der Waals surface area contributed by atoms with Gasteiger partial charge in [-0.25, -0.2) is 4.79 Å². The van der Waals surface area contributed by atoms with E-state index in [0.29, 0.717) is 12.8 Å². The lowest BCUT2D eigenvalue weighted by molar-refractivity contribution is -0.164. The molecule has 254 valence electrons. The van der Waals surface area contributed by atoms with E-state index < -0.39 is 12.1 Å². The number of hydrogen-bond donors (Lipinski definition) is 1. The Morgan fingerprint density at radius 2 is 0.814 bits per heavy atom. The summed E-state index contributed by atoms with van der Waals surface area (Å²) in [6.45, 7) is 4.53. The normalized spacial score (nSPS) is 12.2. The molecule has 43 heavy (non-hydrogen) atoms. The van der Waals surface area contributed by atoms with Crippen molar-refractivity contribution in [2.24, 2.45) is 0 Å². The van der Waals surface area contributed by atoms with Gasteiger partial charge in [0, 0.05) is 6.42 Å². The number of rotatable bonds is 35. The molecule has 0 bridgehead atoms. The molecule has 0 amide bonds. The van der Waals surface area contributed by atoms with Crippen LogP contribution in [0.2, 0.25) is 0 Å². The van der Waals surface area contributed by atoms with Gasteiger partial charge >= 0.3 is 11.9 Å². The Bertz CT molecular complexity index is 614. The second-order valence-electron chi connectivity index (χ2n) is 13.1. The van der Waals surface area contributed by atoms with E-state index in [2.05, 4.69) is 26.0 Å². The minimum absolute atomic E-state index is 0.334. The fraction of sp³-hybridized carbons (Fsp3) is 0.897. The van der Waals surface area contributed by atoms with Crippen LogP contribution in [-0.4, -0.2) is 23.1 Å². The Hall–Kier alpha value is -1.32. The average molecular weight is 607 g/mol. The van der Waals surface area contributed by atoms with Crippen LogP contribution in [0, 0.1) is 0 Å². The highest BCUT2D eigenvalue weighted by Crippen LogP contribution is 2.16. The van der Waals surface area contributed by atoms with E-state index in [0.717, 1.165) is 44.9 Å². The van der Waals surface area contributed by atoms with E-state index in [1.165, 1.54) is 148 Å². The maximum absolute atomic E-state index is 12.2. The maximum atomic E-state index is 12.2. The molecule has 0 saturated heterocycles. The zero-order valence-corrected chi connectivity index (χ0v) is 29.0. The Kier molecular flexibility index (Phi) is 34.1. The molecule has 0 saturated carbocycles. The molecule has 0 aliphatic heterocycles. The first-order valence-corrected chi connectivity index (χ1v) is 19.2. The lowest BCUT2D eigenvalue weighted by Crippen LogP contribution is -2.27. The summed E-state index contributed by atoms with van der Waals surface area (Å²) >= 11 is 0. The summed E-state index contributed by atoms with van der Waals surface area (Å²) in [5, 5.41) is 9.48. The third kappa shape index (κ3) is 33.4. The summed E-state index contributed by atoms with van der Waals surface area (Å²) < 4.78 is 5.31. The Morgan fingerprint density at radius 1 is 0.488 bits per heavy atom. The van der Waals surface area contributed by atoms with Crippen LogP contribution in [0.4, 0.5) is 0 Å².